The Kier molecular flexibility index (Phi) is 12.3. The van der Waals surface area contributed by atoms with Crippen LogP contribution in [0.4, 0.5) is 8.78 Å². The fraction of sp³-hybridized carbons (Fsp3) is 0.296. The van der Waals surface area contributed by atoms with Gasteiger partial charge in [0.25, 0.3) is 0 Å². The molecule has 5 nitrogen and oxygen atoms in total. The molecule has 0 saturated heterocycles. The van der Waals surface area contributed by atoms with Crippen LogP contribution in [0, 0.1) is 5.92 Å². The van der Waals surface area contributed by atoms with Gasteiger partial charge in [-0.05, 0) is 55.0 Å². The van der Waals surface area contributed by atoms with Crippen LogP contribution in [0.2, 0.25) is 0 Å². The van der Waals surface area contributed by atoms with Crippen LogP contribution < -0.4 is 5.32 Å². The number of nitrogens with one attached hydrogen (secondary N) is 1. The molecule has 8 heteroatoms. The summed E-state index contributed by atoms with van der Waals surface area (Å²) >= 11 is 5.80. The molecule has 35 heavy (non-hydrogen) atoms. The van der Waals surface area contributed by atoms with E-state index in [0.717, 1.165) is 5.57 Å². The highest BCUT2D eigenvalue weighted by atomic mass is 35.5. The van der Waals surface area contributed by atoms with Gasteiger partial charge in [0.2, 0.25) is 5.76 Å². The fourth-order valence-electron chi connectivity index (χ4n) is 3.03. The molecular formula is C27H29ClF2N2O3. The molecular weight excluding hydrogens is 474 g/mol. The number of allylic oxidation sites excluding steroid dienone is 10. The summed E-state index contributed by atoms with van der Waals surface area (Å²) in [5.74, 6) is -0.358. The first-order valence-electron chi connectivity index (χ1n) is 11.0. The summed E-state index contributed by atoms with van der Waals surface area (Å²) < 4.78 is 37.4. The second-order valence-corrected chi connectivity index (χ2v) is 8.08. The molecule has 0 saturated carbocycles. The van der Waals surface area contributed by atoms with Crippen LogP contribution in [0.15, 0.2) is 105 Å². The Morgan fingerprint density at radius 2 is 2.17 bits per heavy atom. The van der Waals surface area contributed by atoms with Crippen LogP contribution in [0.1, 0.15) is 13.3 Å². The predicted molar refractivity (Wildman–Crippen MR) is 136 cm³/mol. The number of alkyl halides is 2. The molecule has 2 aliphatic rings. The maximum Gasteiger partial charge on any atom is 0.205 e. The lowest BCUT2D eigenvalue weighted by Gasteiger charge is -2.13. The minimum Gasteiger partial charge on any atom is -0.485 e. The lowest BCUT2D eigenvalue weighted by Crippen LogP contribution is -2.14. The molecule has 1 atom stereocenters. The van der Waals surface area contributed by atoms with E-state index >= 15 is 0 Å². The van der Waals surface area contributed by atoms with E-state index in [1.807, 2.05) is 12.3 Å². The summed E-state index contributed by atoms with van der Waals surface area (Å²) in [7, 11) is 1.68. The van der Waals surface area contributed by atoms with Crippen LogP contribution in [0.5, 0.6) is 0 Å². The van der Waals surface area contributed by atoms with Crippen LogP contribution in [0.25, 0.3) is 0 Å². The van der Waals surface area contributed by atoms with Gasteiger partial charge in [0.05, 0.1) is 5.57 Å². The minimum absolute atomic E-state index is 0.0730. The second-order valence-electron chi connectivity index (χ2n) is 7.48. The number of nitrogens with zero attached hydrogens (tertiary/aromatic N) is 1. The van der Waals surface area contributed by atoms with Gasteiger partial charge in [0, 0.05) is 30.4 Å². The van der Waals surface area contributed by atoms with Crippen molar-refractivity contribution in [2.75, 3.05) is 33.6 Å². The Bertz CT molecular complexity index is 1070. The number of rotatable bonds is 12. The maximum atomic E-state index is 13.3. The molecule has 2 rings (SSSR count). The van der Waals surface area contributed by atoms with Crippen molar-refractivity contribution in [3.8, 4) is 0 Å². The monoisotopic (exact) mass is 502 g/mol. The van der Waals surface area contributed by atoms with Crippen molar-refractivity contribution in [1.29, 1.82) is 0 Å². The molecule has 0 spiro atoms. The molecule has 0 radical (unpaired) electrons. The smallest absolute Gasteiger partial charge is 0.205 e. The Hall–Kier alpha value is -3.41. The summed E-state index contributed by atoms with van der Waals surface area (Å²) in [6.45, 7) is -0.110. The molecule has 1 unspecified atom stereocenters. The molecule has 0 aromatic carbocycles. The van der Waals surface area contributed by atoms with Crippen molar-refractivity contribution >= 4 is 23.6 Å². The van der Waals surface area contributed by atoms with Crippen molar-refractivity contribution in [3.05, 3.63) is 100 Å². The molecule has 186 valence electrons. The third-order valence-electron chi connectivity index (χ3n) is 4.74. The highest BCUT2D eigenvalue weighted by molar-refractivity contribution is 6.29. The molecule has 1 heterocycles. The summed E-state index contributed by atoms with van der Waals surface area (Å²) in [6.07, 6.45) is 19.0. The SMILES string of the molecule is CN=C/C=C\C1=CNC=CC(C(=O)C2=C=C(OCCF)C(OC/C(=C/C=C(\C)Cl)CF)=CC=C2)C1. The summed E-state index contributed by atoms with van der Waals surface area (Å²) in [5.41, 5.74) is 4.45. The molecule has 0 aromatic rings. The van der Waals surface area contributed by atoms with Gasteiger partial charge in [-0.1, -0.05) is 41.6 Å². The number of hydrogen-bond acceptors (Lipinski definition) is 5. The summed E-state index contributed by atoms with van der Waals surface area (Å²) in [5, 5.41) is 3.53. The van der Waals surface area contributed by atoms with Crippen molar-refractivity contribution in [2.24, 2.45) is 10.9 Å². The zero-order valence-electron chi connectivity index (χ0n) is 19.8. The van der Waals surface area contributed by atoms with E-state index in [0.29, 0.717) is 17.0 Å². The third-order valence-corrected chi connectivity index (χ3v) is 4.86. The number of halogens is 3. The number of ether oxygens (including phenoxy) is 2. The third kappa shape index (κ3) is 9.77. The van der Waals surface area contributed by atoms with E-state index in [9.17, 15) is 13.6 Å². The number of carbonyl (C=O) groups excluding carboxylic acids is 1. The minimum atomic E-state index is -0.733. The van der Waals surface area contributed by atoms with Gasteiger partial charge < -0.3 is 14.8 Å². The van der Waals surface area contributed by atoms with Crippen LogP contribution in [-0.2, 0) is 14.3 Å². The normalized spacial score (nSPS) is 18.9. The zero-order chi connectivity index (χ0) is 25.5. The highest BCUT2D eigenvalue weighted by Crippen LogP contribution is 2.24. The van der Waals surface area contributed by atoms with Crippen molar-refractivity contribution in [3.63, 3.8) is 0 Å². The van der Waals surface area contributed by atoms with Crippen LogP contribution in [0.3, 0.4) is 0 Å². The van der Waals surface area contributed by atoms with Gasteiger partial charge >= 0.3 is 0 Å². The molecule has 1 N–H and O–H groups in total. The van der Waals surface area contributed by atoms with E-state index < -0.39 is 19.3 Å². The fourth-order valence-corrected chi connectivity index (χ4v) is 3.09. The van der Waals surface area contributed by atoms with Crippen molar-refractivity contribution < 1.29 is 23.0 Å². The number of Topliss-reactive ketones (excluding diaryl/α,β-unsaturated/α-hetero) is 1. The Labute approximate surface area is 209 Å². The highest BCUT2D eigenvalue weighted by Gasteiger charge is 2.22. The lowest BCUT2D eigenvalue weighted by atomic mass is 9.91. The largest absolute Gasteiger partial charge is 0.485 e. The zero-order valence-corrected chi connectivity index (χ0v) is 20.5. The van der Waals surface area contributed by atoms with Gasteiger partial charge in [0.15, 0.2) is 11.5 Å². The van der Waals surface area contributed by atoms with Crippen LogP contribution in [-0.4, -0.2) is 45.6 Å². The first-order valence-corrected chi connectivity index (χ1v) is 11.4. The molecule has 0 aromatic heterocycles. The van der Waals surface area contributed by atoms with Gasteiger partial charge in [0.1, 0.15) is 26.6 Å². The van der Waals surface area contributed by atoms with Gasteiger partial charge in [-0.15, -0.1) is 0 Å². The number of hydrogen-bond donors (Lipinski definition) is 1. The van der Waals surface area contributed by atoms with E-state index in [1.54, 1.807) is 62.8 Å². The van der Waals surface area contributed by atoms with Crippen molar-refractivity contribution in [2.45, 2.75) is 13.3 Å². The predicted octanol–water partition coefficient (Wildman–Crippen LogP) is 5.72. The van der Waals surface area contributed by atoms with E-state index in [1.165, 1.54) is 6.08 Å². The second kappa shape index (κ2) is 15.5. The Morgan fingerprint density at radius 3 is 2.89 bits per heavy atom. The lowest BCUT2D eigenvalue weighted by molar-refractivity contribution is -0.117. The van der Waals surface area contributed by atoms with E-state index in [-0.39, 0.29) is 36.1 Å². The summed E-state index contributed by atoms with van der Waals surface area (Å²) in [6, 6.07) is 0. The molecule has 0 amide bonds. The molecule has 0 fully saturated rings. The average molecular weight is 503 g/mol. The maximum absolute atomic E-state index is 13.3. The van der Waals surface area contributed by atoms with Crippen molar-refractivity contribution in [1.82, 2.24) is 5.32 Å². The first kappa shape index (κ1) is 27.8. The van der Waals surface area contributed by atoms with Gasteiger partial charge in [-0.3, -0.25) is 9.79 Å². The molecule has 1 aliphatic carbocycles. The van der Waals surface area contributed by atoms with E-state index in [4.69, 9.17) is 21.1 Å². The molecule has 0 bridgehead atoms. The first-order chi connectivity index (χ1) is 17.0. The molecule has 1 aliphatic heterocycles. The van der Waals surface area contributed by atoms with Crippen LogP contribution >= 0.6 is 11.6 Å². The number of carbonyl (C=O) groups is 1. The van der Waals surface area contributed by atoms with Gasteiger partial charge in [-0.2, -0.15) is 0 Å². The standard InChI is InChI=1S/C27H29ClF2N2O3/c1-20(28)8-9-22(17-30)19-35-25-7-3-6-23(16-26(25)34-14-11-29)27(33)24-10-13-32-18-21(15-24)5-4-12-31-2/h3-10,12-13,18,24,32H,11,14-15,17,19H2,1-2H3/b5-4-,20-8+,22-9+,31-12?. The topological polar surface area (TPSA) is 59.9 Å². The average Bonchev–Trinajstić information content (AvgIpc) is 3.21. The number of aliphatic imine (C=N–C) groups is 1. The Morgan fingerprint density at radius 1 is 1.34 bits per heavy atom. The summed E-state index contributed by atoms with van der Waals surface area (Å²) in [4.78, 5) is 17.2. The quantitative estimate of drug-likeness (QED) is 0.210. The Balaban J connectivity index is 2.29. The number of ketones is 1. The van der Waals surface area contributed by atoms with E-state index in [2.05, 4.69) is 16.0 Å². The van der Waals surface area contributed by atoms with Gasteiger partial charge in [-0.25, -0.2) is 8.78 Å².